The highest BCUT2D eigenvalue weighted by Gasteiger charge is 2.07. The maximum Gasteiger partial charge on any atom is 0.149 e. The van der Waals surface area contributed by atoms with E-state index >= 15 is 0 Å². The monoisotopic (exact) mass is 237 g/mol. The number of fused-ring (bicyclic) bond motifs is 1. The minimum atomic E-state index is 0.528. The van der Waals surface area contributed by atoms with E-state index in [1.165, 1.54) is 11.6 Å². The second kappa shape index (κ2) is 4.37. The van der Waals surface area contributed by atoms with E-state index < -0.39 is 0 Å². The first-order chi connectivity index (χ1) is 8.88. The molecular weight excluding hydrogens is 226 g/mol. The van der Waals surface area contributed by atoms with Crippen LogP contribution in [0.25, 0.3) is 22.1 Å². The molecule has 1 aromatic heterocycles. The van der Waals surface area contributed by atoms with Crippen LogP contribution in [0, 0.1) is 0 Å². The Morgan fingerprint density at radius 1 is 0.944 bits per heavy atom. The van der Waals surface area contributed by atoms with Gasteiger partial charge < -0.3 is 9.62 Å². The molecule has 0 aliphatic heterocycles. The number of furan rings is 1. The highest BCUT2D eigenvalue weighted by atomic mass is 16.4. The summed E-state index contributed by atoms with van der Waals surface area (Å²) < 4.78 is 5.61. The molecule has 3 nitrogen and oxygen atoms in total. The normalized spacial score (nSPS) is 11.3. The van der Waals surface area contributed by atoms with Crippen LogP contribution in [0.4, 0.5) is 0 Å². The molecule has 88 valence electrons. The average Bonchev–Trinajstić information content (AvgIpc) is 2.87. The molecule has 0 saturated heterocycles. The number of benzene rings is 2. The lowest BCUT2D eigenvalue weighted by atomic mass is 10.0. The minimum Gasteiger partial charge on any atom is -0.455 e. The van der Waals surface area contributed by atoms with Crippen molar-refractivity contribution in [3.63, 3.8) is 0 Å². The maximum atomic E-state index is 8.48. The molecule has 0 aliphatic carbocycles. The number of hydrogen-bond acceptors (Lipinski definition) is 3. The summed E-state index contributed by atoms with van der Waals surface area (Å²) in [6.07, 6.45) is 1.27. The van der Waals surface area contributed by atoms with E-state index in [-0.39, 0.29) is 0 Å². The lowest BCUT2D eigenvalue weighted by molar-refractivity contribution is 0.321. The number of nitrogens with zero attached hydrogens (tertiary/aromatic N) is 1. The Balaban J connectivity index is 2.18. The first-order valence-electron chi connectivity index (χ1n) is 5.64. The molecule has 1 N–H and O–H groups in total. The van der Waals surface area contributed by atoms with Crippen molar-refractivity contribution in [3.05, 3.63) is 60.4 Å². The second-order valence-corrected chi connectivity index (χ2v) is 3.97. The molecule has 0 bridgehead atoms. The van der Waals surface area contributed by atoms with E-state index in [0.717, 1.165) is 16.7 Å². The molecule has 2 aromatic carbocycles. The summed E-state index contributed by atoms with van der Waals surface area (Å²) in [5.74, 6) is 1.29. The van der Waals surface area contributed by atoms with E-state index in [0.29, 0.717) is 5.76 Å². The highest BCUT2D eigenvalue weighted by Crippen LogP contribution is 2.29. The van der Waals surface area contributed by atoms with Gasteiger partial charge in [0.05, 0.1) is 0 Å². The quantitative estimate of drug-likeness (QED) is 0.417. The summed E-state index contributed by atoms with van der Waals surface area (Å²) in [5, 5.41) is 13.7. The number of rotatable bonds is 2. The Morgan fingerprint density at radius 2 is 1.78 bits per heavy atom. The van der Waals surface area contributed by atoms with Gasteiger partial charge in [0.15, 0.2) is 0 Å². The van der Waals surface area contributed by atoms with E-state index in [1.807, 2.05) is 30.3 Å². The van der Waals surface area contributed by atoms with Gasteiger partial charge in [0.25, 0.3) is 0 Å². The van der Waals surface area contributed by atoms with E-state index in [4.69, 9.17) is 9.62 Å². The topological polar surface area (TPSA) is 45.7 Å². The van der Waals surface area contributed by atoms with Crippen LogP contribution in [0.2, 0.25) is 0 Å². The zero-order valence-corrected chi connectivity index (χ0v) is 9.58. The summed E-state index contributed by atoms with van der Waals surface area (Å²) in [5.41, 5.74) is 1.03. The fraction of sp³-hybridized carbons (Fsp3) is 0. The lowest BCUT2D eigenvalue weighted by Crippen LogP contribution is -1.78. The first-order valence-corrected chi connectivity index (χ1v) is 5.64. The van der Waals surface area contributed by atoms with Crippen LogP contribution in [0.5, 0.6) is 0 Å². The fourth-order valence-electron chi connectivity index (χ4n) is 2.06. The molecular formula is C15H11NO2. The van der Waals surface area contributed by atoms with Crippen LogP contribution in [-0.2, 0) is 0 Å². The van der Waals surface area contributed by atoms with Gasteiger partial charge in [-0.3, -0.25) is 0 Å². The van der Waals surface area contributed by atoms with Gasteiger partial charge in [-0.25, -0.2) is 0 Å². The van der Waals surface area contributed by atoms with Crippen LogP contribution in [0.15, 0.2) is 64.2 Å². The Bertz CT molecular complexity index is 708. The van der Waals surface area contributed by atoms with Crippen molar-refractivity contribution >= 4 is 17.0 Å². The van der Waals surface area contributed by atoms with Gasteiger partial charge in [-0.2, -0.15) is 0 Å². The third-order valence-corrected chi connectivity index (χ3v) is 2.87. The molecule has 3 aromatic rings. The molecule has 0 fully saturated rings. The third kappa shape index (κ3) is 1.76. The van der Waals surface area contributed by atoms with Crippen molar-refractivity contribution in [3.8, 4) is 11.3 Å². The van der Waals surface area contributed by atoms with E-state index in [1.54, 1.807) is 6.07 Å². The number of hydrogen-bond donors (Lipinski definition) is 1. The molecule has 0 atom stereocenters. The van der Waals surface area contributed by atoms with Gasteiger partial charge in [0.2, 0.25) is 0 Å². The average molecular weight is 237 g/mol. The summed E-state index contributed by atoms with van der Waals surface area (Å²) in [6, 6.07) is 17.9. The van der Waals surface area contributed by atoms with Crippen molar-refractivity contribution in [2.75, 3.05) is 0 Å². The van der Waals surface area contributed by atoms with Crippen LogP contribution >= 0.6 is 0 Å². The molecule has 3 rings (SSSR count). The summed E-state index contributed by atoms with van der Waals surface area (Å²) in [7, 11) is 0. The lowest BCUT2D eigenvalue weighted by Gasteiger charge is -2.03. The SMILES string of the molecule is ON=Cc1ccc(-c2cccc3ccccc23)o1. The molecule has 0 aliphatic rings. The zero-order chi connectivity index (χ0) is 12.4. The first kappa shape index (κ1) is 10.6. The maximum absolute atomic E-state index is 8.48. The summed E-state index contributed by atoms with van der Waals surface area (Å²) >= 11 is 0. The zero-order valence-electron chi connectivity index (χ0n) is 9.58. The van der Waals surface area contributed by atoms with Gasteiger partial charge in [0, 0.05) is 5.56 Å². The van der Waals surface area contributed by atoms with E-state index in [2.05, 4.69) is 23.4 Å². The molecule has 0 unspecified atom stereocenters. The Labute approximate surface area is 104 Å². The number of oxime groups is 1. The largest absolute Gasteiger partial charge is 0.455 e. The molecule has 3 heteroatoms. The Kier molecular flexibility index (Phi) is 2.57. The predicted molar refractivity (Wildman–Crippen MR) is 71.0 cm³/mol. The van der Waals surface area contributed by atoms with Crippen LogP contribution in [0.1, 0.15) is 5.76 Å². The van der Waals surface area contributed by atoms with Crippen LogP contribution in [-0.4, -0.2) is 11.4 Å². The van der Waals surface area contributed by atoms with Crippen molar-refractivity contribution in [2.45, 2.75) is 0 Å². The van der Waals surface area contributed by atoms with Crippen LogP contribution < -0.4 is 0 Å². The Hall–Kier alpha value is -2.55. The minimum absolute atomic E-state index is 0.528. The Morgan fingerprint density at radius 3 is 2.67 bits per heavy atom. The second-order valence-electron chi connectivity index (χ2n) is 3.97. The molecule has 18 heavy (non-hydrogen) atoms. The standard InChI is InChI=1S/C15H11NO2/c17-16-10-12-8-9-15(18-12)14-7-3-5-11-4-1-2-6-13(11)14/h1-10,17H. The fourth-order valence-corrected chi connectivity index (χ4v) is 2.06. The van der Waals surface area contributed by atoms with E-state index in [9.17, 15) is 0 Å². The van der Waals surface area contributed by atoms with Gasteiger partial charge >= 0.3 is 0 Å². The van der Waals surface area contributed by atoms with Crippen molar-refractivity contribution in [1.82, 2.24) is 0 Å². The summed E-state index contributed by atoms with van der Waals surface area (Å²) in [4.78, 5) is 0. The predicted octanol–water partition coefficient (Wildman–Crippen LogP) is 3.91. The van der Waals surface area contributed by atoms with Crippen molar-refractivity contribution in [1.29, 1.82) is 0 Å². The van der Waals surface area contributed by atoms with Crippen LogP contribution in [0.3, 0.4) is 0 Å². The van der Waals surface area contributed by atoms with Crippen molar-refractivity contribution < 1.29 is 9.62 Å². The van der Waals surface area contributed by atoms with Gasteiger partial charge in [-0.15, -0.1) is 0 Å². The summed E-state index contributed by atoms with van der Waals surface area (Å²) in [6.45, 7) is 0. The smallest absolute Gasteiger partial charge is 0.149 e. The highest BCUT2D eigenvalue weighted by molar-refractivity contribution is 5.95. The third-order valence-electron chi connectivity index (χ3n) is 2.87. The molecule has 1 heterocycles. The molecule has 0 amide bonds. The van der Waals surface area contributed by atoms with Gasteiger partial charge in [-0.1, -0.05) is 47.6 Å². The van der Waals surface area contributed by atoms with Gasteiger partial charge in [0.1, 0.15) is 17.7 Å². The molecule has 0 radical (unpaired) electrons. The molecule has 0 spiro atoms. The van der Waals surface area contributed by atoms with Gasteiger partial charge in [-0.05, 0) is 22.9 Å². The van der Waals surface area contributed by atoms with Crippen molar-refractivity contribution in [2.24, 2.45) is 5.16 Å². The molecule has 0 saturated carbocycles.